The molecular formula is C20H28N2O4. The molecule has 142 valence electrons. The average molecular weight is 360 g/mol. The Labute approximate surface area is 154 Å². The number of methoxy groups -OCH3 is 1. The van der Waals surface area contributed by atoms with Crippen LogP contribution in [0.5, 0.6) is 0 Å². The standard InChI is InChI=1S/C20H28N2O4/c1-13(2)22-14(3)10-17(15(22)4)20(23)21-8-9-25-12-18(21)19-7-6-16(26-19)11-24-5/h6-7,10,13,18H,8-9,11-12H2,1-5H3. The van der Waals surface area contributed by atoms with Crippen molar-refractivity contribution in [1.29, 1.82) is 0 Å². The van der Waals surface area contributed by atoms with E-state index in [4.69, 9.17) is 13.9 Å². The predicted molar refractivity (Wildman–Crippen MR) is 98.3 cm³/mol. The van der Waals surface area contributed by atoms with Crippen LogP contribution in [0.1, 0.15) is 59.2 Å². The van der Waals surface area contributed by atoms with Gasteiger partial charge in [0, 0.05) is 31.1 Å². The van der Waals surface area contributed by atoms with Crippen molar-refractivity contribution < 1.29 is 18.7 Å². The Kier molecular flexibility index (Phi) is 5.53. The molecule has 1 atom stereocenters. The van der Waals surface area contributed by atoms with E-state index in [0.717, 1.165) is 28.5 Å². The van der Waals surface area contributed by atoms with Crippen molar-refractivity contribution in [2.75, 3.05) is 26.9 Å². The highest BCUT2D eigenvalue weighted by molar-refractivity contribution is 5.96. The Morgan fingerprint density at radius 1 is 1.35 bits per heavy atom. The van der Waals surface area contributed by atoms with Gasteiger partial charge in [-0.1, -0.05) is 0 Å². The number of hydrogen-bond acceptors (Lipinski definition) is 4. The molecule has 1 amide bonds. The third-order valence-corrected chi connectivity index (χ3v) is 4.92. The molecule has 1 unspecified atom stereocenters. The van der Waals surface area contributed by atoms with E-state index < -0.39 is 0 Å². The highest BCUT2D eigenvalue weighted by Crippen LogP contribution is 2.30. The molecule has 0 aromatic carbocycles. The zero-order chi connectivity index (χ0) is 18.8. The molecule has 26 heavy (non-hydrogen) atoms. The van der Waals surface area contributed by atoms with Gasteiger partial charge in [0.15, 0.2) is 0 Å². The van der Waals surface area contributed by atoms with Gasteiger partial charge in [0.05, 0.1) is 18.8 Å². The number of hydrogen-bond donors (Lipinski definition) is 0. The fraction of sp³-hybridized carbons (Fsp3) is 0.550. The molecular weight excluding hydrogens is 332 g/mol. The van der Waals surface area contributed by atoms with E-state index in [2.05, 4.69) is 18.4 Å². The fourth-order valence-corrected chi connectivity index (χ4v) is 3.82. The molecule has 3 heterocycles. The molecule has 0 bridgehead atoms. The topological polar surface area (TPSA) is 56.8 Å². The Balaban J connectivity index is 1.90. The van der Waals surface area contributed by atoms with Crippen molar-refractivity contribution in [2.45, 2.75) is 46.4 Å². The summed E-state index contributed by atoms with van der Waals surface area (Å²) in [6.45, 7) is 10.3. The van der Waals surface area contributed by atoms with E-state index in [1.165, 1.54) is 0 Å². The molecule has 1 aliphatic heterocycles. The quantitative estimate of drug-likeness (QED) is 0.817. The van der Waals surface area contributed by atoms with Crippen LogP contribution in [0.25, 0.3) is 0 Å². The van der Waals surface area contributed by atoms with Crippen LogP contribution < -0.4 is 0 Å². The van der Waals surface area contributed by atoms with E-state index in [1.807, 2.05) is 36.9 Å². The summed E-state index contributed by atoms with van der Waals surface area (Å²) in [5, 5.41) is 0. The van der Waals surface area contributed by atoms with Crippen LogP contribution in [0, 0.1) is 13.8 Å². The smallest absolute Gasteiger partial charge is 0.256 e. The van der Waals surface area contributed by atoms with Gasteiger partial charge < -0.3 is 23.4 Å². The van der Waals surface area contributed by atoms with Gasteiger partial charge in [0.1, 0.15) is 24.2 Å². The van der Waals surface area contributed by atoms with E-state index in [-0.39, 0.29) is 11.9 Å². The van der Waals surface area contributed by atoms with Crippen molar-refractivity contribution >= 4 is 5.91 Å². The molecule has 6 heteroatoms. The molecule has 0 aliphatic carbocycles. The molecule has 2 aromatic rings. The number of ether oxygens (including phenoxy) is 2. The molecule has 6 nitrogen and oxygen atoms in total. The second-order valence-corrected chi connectivity index (χ2v) is 7.07. The average Bonchev–Trinajstić information content (AvgIpc) is 3.19. The molecule has 1 aliphatic rings. The molecule has 0 saturated carbocycles. The number of morpholine rings is 1. The zero-order valence-electron chi connectivity index (χ0n) is 16.2. The van der Waals surface area contributed by atoms with E-state index >= 15 is 0 Å². The maximum atomic E-state index is 13.3. The summed E-state index contributed by atoms with van der Waals surface area (Å²) in [5.74, 6) is 1.52. The van der Waals surface area contributed by atoms with Crippen LogP contribution in [-0.4, -0.2) is 42.2 Å². The molecule has 2 aromatic heterocycles. The number of carbonyl (C=O) groups is 1. The van der Waals surface area contributed by atoms with Gasteiger partial charge in [-0.2, -0.15) is 0 Å². The number of carbonyl (C=O) groups excluding carboxylic acids is 1. The van der Waals surface area contributed by atoms with Crippen molar-refractivity contribution in [3.8, 4) is 0 Å². The number of nitrogens with zero attached hydrogens (tertiary/aromatic N) is 2. The van der Waals surface area contributed by atoms with Crippen LogP contribution in [0.3, 0.4) is 0 Å². The Morgan fingerprint density at radius 3 is 2.77 bits per heavy atom. The predicted octanol–water partition coefficient (Wildman–Crippen LogP) is 3.64. The number of rotatable bonds is 5. The largest absolute Gasteiger partial charge is 0.461 e. The van der Waals surface area contributed by atoms with Crippen molar-refractivity contribution in [3.05, 3.63) is 46.7 Å². The summed E-state index contributed by atoms with van der Waals surface area (Å²) in [4.78, 5) is 15.2. The number of aromatic nitrogens is 1. The first-order valence-electron chi connectivity index (χ1n) is 9.08. The minimum absolute atomic E-state index is 0.0305. The molecule has 1 saturated heterocycles. The number of amides is 1. The lowest BCUT2D eigenvalue weighted by Crippen LogP contribution is -2.43. The minimum atomic E-state index is -0.219. The van der Waals surface area contributed by atoms with Crippen LogP contribution >= 0.6 is 0 Å². The van der Waals surface area contributed by atoms with E-state index in [0.29, 0.717) is 32.4 Å². The van der Waals surface area contributed by atoms with E-state index in [1.54, 1.807) is 7.11 Å². The van der Waals surface area contributed by atoms with Gasteiger partial charge in [0.2, 0.25) is 0 Å². The Morgan fingerprint density at radius 2 is 2.12 bits per heavy atom. The molecule has 0 N–H and O–H groups in total. The molecule has 1 fully saturated rings. The maximum absolute atomic E-state index is 13.3. The van der Waals surface area contributed by atoms with Crippen LogP contribution in [0.2, 0.25) is 0 Å². The first-order chi connectivity index (χ1) is 12.4. The second-order valence-electron chi connectivity index (χ2n) is 7.07. The molecule has 0 radical (unpaired) electrons. The summed E-state index contributed by atoms with van der Waals surface area (Å²) in [5.41, 5.74) is 2.87. The summed E-state index contributed by atoms with van der Waals surface area (Å²) >= 11 is 0. The monoisotopic (exact) mass is 360 g/mol. The summed E-state index contributed by atoms with van der Waals surface area (Å²) in [6.07, 6.45) is 0. The van der Waals surface area contributed by atoms with Crippen LogP contribution in [0.4, 0.5) is 0 Å². The maximum Gasteiger partial charge on any atom is 0.256 e. The third-order valence-electron chi connectivity index (χ3n) is 4.92. The number of aryl methyl sites for hydroxylation is 1. The lowest BCUT2D eigenvalue weighted by molar-refractivity contribution is -0.00951. The lowest BCUT2D eigenvalue weighted by Gasteiger charge is -2.34. The lowest BCUT2D eigenvalue weighted by atomic mass is 10.1. The van der Waals surface area contributed by atoms with Gasteiger partial charge in [-0.15, -0.1) is 0 Å². The van der Waals surface area contributed by atoms with Gasteiger partial charge in [0.25, 0.3) is 5.91 Å². The van der Waals surface area contributed by atoms with Gasteiger partial charge in [-0.25, -0.2) is 0 Å². The van der Waals surface area contributed by atoms with Crippen molar-refractivity contribution in [3.63, 3.8) is 0 Å². The van der Waals surface area contributed by atoms with Crippen LogP contribution in [0.15, 0.2) is 22.6 Å². The minimum Gasteiger partial charge on any atom is -0.461 e. The first kappa shape index (κ1) is 18.7. The Bertz CT molecular complexity index is 775. The van der Waals surface area contributed by atoms with Gasteiger partial charge in [-0.05, 0) is 45.9 Å². The SMILES string of the molecule is COCc1ccc(C2COCCN2C(=O)c2cc(C)n(C(C)C)c2C)o1. The highest BCUT2D eigenvalue weighted by Gasteiger charge is 2.33. The second kappa shape index (κ2) is 7.68. The summed E-state index contributed by atoms with van der Waals surface area (Å²) in [7, 11) is 1.63. The molecule has 0 spiro atoms. The van der Waals surface area contributed by atoms with Crippen molar-refractivity contribution in [2.24, 2.45) is 0 Å². The van der Waals surface area contributed by atoms with E-state index in [9.17, 15) is 4.79 Å². The van der Waals surface area contributed by atoms with Gasteiger partial charge >= 0.3 is 0 Å². The summed E-state index contributed by atoms with van der Waals surface area (Å²) < 4.78 is 18.8. The van der Waals surface area contributed by atoms with Crippen molar-refractivity contribution in [1.82, 2.24) is 9.47 Å². The normalized spacial score (nSPS) is 17.9. The number of furan rings is 1. The summed E-state index contributed by atoms with van der Waals surface area (Å²) in [6, 6.07) is 5.89. The van der Waals surface area contributed by atoms with Crippen LogP contribution in [-0.2, 0) is 16.1 Å². The third kappa shape index (κ3) is 3.44. The first-order valence-corrected chi connectivity index (χ1v) is 9.08. The molecule has 3 rings (SSSR count). The highest BCUT2D eigenvalue weighted by atomic mass is 16.5. The zero-order valence-corrected chi connectivity index (χ0v) is 16.2. The van der Waals surface area contributed by atoms with Gasteiger partial charge in [-0.3, -0.25) is 4.79 Å². The Hall–Kier alpha value is -2.05. The fourth-order valence-electron chi connectivity index (χ4n) is 3.82.